The van der Waals surface area contributed by atoms with Crippen LogP contribution in [0.2, 0.25) is 0 Å². The van der Waals surface area contributed by atoms with Crippen molar-refractivity contribution in [1.82, 2.24) is 10.3 Å². The van der Waals surface area contributed by atoms with Gasteiger partial charge in [-0.1, -0.05) is 0 Å². The fourth-order valence-corrected chi connectivity index (χ4v) is 3.97. The molecule has 0 bridgehead atoms. The number of aromatic nitrogens is 1. The van der Waals surface area contributed by atoms with Crippen LogP contribution < -0.4 is 25.0 Å². The summed E-state index contributed by atoms with van der Waals surface area (Å²) in [4.78, 5) is 19.2. The number of hydrogen-bond acceptors (Lipinski definition) is 6. The second-order valence-corrected chi connectivity index (χ2v) is 7.67. The van der Waals surface area contributed by atoms with Gasteiger partial charge < -0.3 is 24.4 Å². The third kappa shape index (κ3) is 4.56. The molecule has 0 radical (unpaired) electrons. The Bertz CT molecular complexity index is 889. The predicted octanol–water partition coefficient (Wildman–Crippen LogP) is 3.33. The van der Waals surface area contributed by atoms with E-state index in [1.807, 2.05) is 24.3 Å². The molecule has 1 aromatic carbocycles. The number of carbonyl (C=O) groups excluding carboxylic acids is 1. The first kappa shape index (κ1) is 19.8. The van der Waals surface area contributed by atoms with E-state index in [0.717, 1.165) is 40.3 Å². The number of halogens is 1. The number of hydrogen-bond donors (Lipinski definition) is 2. The van der Waals surface area contributed by atoms with E-state index in [4.69, 9.17) is 14.2 Å². The molecule has 0 spiro atoms. The monoisotopic (exact) mass is 462 g/mol. The van der Waals surface area contributed by atoms with E-state index < -0.39 is 0 Å². The molecule has 9 heteroatoms. The summed E-state index contributed by atoms with van der Waals surface area (Å²) in [6.07, 6.45) is 2.38. The van der Waals surface area contributed by atoms with E-state index >= 15 is 0 Å². The maximum absolute atomic E-state index is 12.6. The Kier molecular flexibility index (Phi) is 6.05. The van der Waals surface area contributed by atoms with Crippen molar-refractivity contribution in [3.05, 3.63) is 40.5 Å². The molecule has 2 amide bonds. The van der Waals surface area contributed by atoms with E-state index in [-0.39, 0.29) is 12.1 Å². The van der Waals surface area contributed by atoms with Crippen molar-refractivity contribution >= 4 is 33.5 Å². The number of fused-ring (bicyclic) bond motifs is 1. The van der Waals surface area contributed by atoms with Gasteiger partial charge in [-0.15, -0.1) is 0 Å². The summed E-state index contributed by atoms with van der Waals surface area (Å²) in [6, 6.07) is 7.01. The number of pyridine rings is 1. The van der Waals surface area contributed by atoms with Gasteiger partial charge in [0.15, 0.2) is 0 Å². The molecule has 1 aromatic heterocycles. The van der Waals surface area contributed by atoms with Gasteiger partial charge in [0.25, 0.3) is 0 Å². The zero-order valence-electron chi connectivity index (χ0n) is 16.1. The highest BCUT2D eigenvalue weighted by Crippen LogP contribution is 2.35. The van der Waals surface area contributed by atoms with E-state index in [2.05, 4.69) is 36.4 Å². The largest absolute Gasteiger partial charge is 0.497 e. The first-order chi connectivity index (χ1) is 14.1. The Labute approximate surface area is 177 Å². The molecule has 0 aliphatic carbocycles. The lowest BCUT2D eigenvalue weighted by Gasteiger charge is -2.30. The van der Waals surface area contributed by atoms with Crippen LogP contribution in [0, 0.1) is 0 Å². The number of morpholine rings is 1. The molecule has 154 valence electrons. The highest BCUT2D eigenvalue weighted by atomic mass is 79.9. The quantitative estimate of drug-likeness (QED) is 0.724. The molecule has 0 unspecified atom stereocenters. The molecule has 1 saturated heterocycles. The van der Waals surface area contributed by atoms with Crippen molar-refractivity contribution in [2.75, 3.05) is 50.2 Å². The second-order valence-electron chi connectivity index (χ2n) is 6.81. The molecule has 1 atom stereocenters. The Morgan fingerprint density at radius 3 is 2.90 bits per heavy atom. The molecule has 3 heterocycles. The number of benzene rings is 1. The van der Waals surface area contributed by atoms with E-state index in [9.17, 15) is 4.79 Å². The van der Waals surface area contributed by atoms with Crippen molar-refractivity contribution in [2.24, 2.45) is 0 Å². The molecule has 0 saturated carbocycles. The average Bonchev–Trinajstić information content (AvgIpc) is 2.75. The zero-order chi connectivity index (χ0) is 20.2. The fourth-order valence-electron chi connectivity index (χ4n) is 3.50. The van der Waals surface area contributed by atoms with Crippen molar-refractivity contribution < 1.29 is 19.0 Å². The third-order valence-electron chi connectivity index (χ3n) is 4.99. The lowest BCUT2D eigenvalue weighted by Crippen LogP contribution is -2.37. The molecule has 8 nitrogen and oxygen atoms in total. The van der Waals surface area contributed by atoms with E-state index in [0.29, 0.717) is 32.1 Å². The van der Waals surface area contributed by atoms with Crippen molar-refractivity contribution in [3.63, 3.8) is 0 Å². The SMILES string of the molecule is COc1ccc2c(c1)[C@H](NC(=O)Nc1cc(N3CCOCC3)c(Br)cn1)CCO2. The van der Waals surface area contributed by atoms with Crippen LogP contribution in [0.25, 0.3) is 0 Å². The number of anilines is 2. The topological polar surface area (TPSA) is 85.0 Å². The van der Waals surface area contributed by atoms with Crippen molar-refractivity contribution in [1.29, 1.82) is 0 Å². The predicted molar refractivity (Wildman–Crippen MR) is 113 cm³/mol. The van der Waals surface area contributed by atoms with Crippen LogP contribution in [-0.2, 0) is 4.74 Å². The maximum Gasteiger partial charge on any atom is 0.320 e. The number of methoxy groups -OCH3 is 1. The number of carbonyl (C=O) groups is 1. The molecule has 29 heavy (non-hydrogen) atoms. The number of nitrogens with one attached hydrogen (secondary N) is 2. The summed E-state index contributed by atoms with van der Waals surface area (Å²) < 4.78 is 17.3. The number of urea groups is 1. The molecule has 1 fully saturated rings. The summed E-state index contributed by atoms with van der Waals surface area (Å²) in [7, 11) is 1.62. The van der Waals surface area contributed by atoms with Crippen molar-refractivity contribution in [3.8, 4) is 11.5 Å². The van der Waals surface area contributed by atoms with Gasteiger partial charge in [-0.3, -0.25) is 5.32 Å². The number of amides is 2. The summed E-state index contributed by atoms with van der Waals surface area (Å²) in [5.41, 5.74) is 1.89. The van der Waals surface area contributed by atoms with Crippen LogP contribution >= 0.6 is 15.9 Å². The van der Waals surface area contributed by atoms with Crippen molar-refractivity contribution in [2.45, 2.75) is 12.5 Å². The van der Waals surface area contributed by atoms with Gasteiger partial charge in [0.2, 0.25) is 0 Å². The first-order valence-electron chi connectivity index (χ1n) is 9.50. The van der Waals surface area contributed by atoms with E-state index in [1.165, 1.54) is 0 Å². The highest BCUT2D eigenvalue weighted by molar-refractivity contribution is 9.10. The van der Waals surface area contributed by atoms with Gasteiger partial charge in [0.05, 0.1) is 43.1 Å². The third-order valence-corrected chi connectivity index (χ3v) is 5.60. The smallest absolute Gasteiger partial charge is 0.320 e. The number of rotatable bonds is 4. The zero-order valence-corrected chi connectivity index (χ0v) is 17.7. The highest BCUT2D eigenvalue weighted by Gasteiger charge is 2.24. The van der Waals surface area contributed by atoms with Crippen LogP contribution in [0.5, 0.6) is 11.5 Å². The Morgan fingerprint density at radius 2 is 2.10 bits per heavy atom. The molecule has 4 rings (SSSR count). The van der Waals surface area contributed by atoms with Crippen LogP contribution in [0.15, 0.2) is 34.9 Å². The van der Waals surface area contributed by atoms with Gasteiger partial charge >= 0.3 is 6.03 Å². The Hall–Kier alpha value is -2.52. The number of nitrogens with zero attached hydrogens (tertiary/aromatic N) is 2. The standard InChI is InChI=1S/C20H23BrN4O4/c1-27-13-2-3-18-14(10-13)16(4-7-29-18)23-20(26)24-19-11-17(15(21)12-22-19)25-5-8-28-9-6-25/h2-3,10-12,16H,4-9H2,1H3,(H2,22,23,24,26)/t16-/m1/s1. The van der Waals surface area contributed by atoms with E-state index in [1.54, 1.807) is 13.3 Å². The summed E-state index contributed by atoms with van der Waals surface area (Å²) >= 11 is 3.54. The molecule has 2 aliphatic rings. The number of ether oxygens (including phenoxy) is 3. The average molecular weight is 463 g/mol. The van der Waals surface area contributed by atoms with Gasteiger partial charge in [0.1, 0.15) is 17.3 Å². The molecule has 2 aromatic rings. The minimum absolute atomic E-state index is 0.164. The summed E-state index contributed by atoms with van der Waals surface area (Å²) in [6.45, 7) is 3.52. The van der Waals surface area contributed by atoms with Crippen LogP contribution in [-0.4, -0.2) is 51.0 Å². The Morgan fingerprint density at radius 1 is 1.28 bits per heavy atom. The van der Waals surface area contributed by atoms with Crippen LogP contribution in [0.3, 0.4) is 0 Å². The van der Waals surface area contributed by atoms with Gasteiger partial charge in [0, 0.05) is 37.3 Å². The fraction of sp³-hybridized carbons (Fsp3) is 0.400. The van der Waals surface area contributed by atoms with Crippen LogP contribution in [0.4, 0.5) is 16.3 Å². The normalized spacial score (nSPS) is 18.4. The van der Waals surface area contributed by atoms with Gasteiger partial charge in [-0.05, 0) is 34.1 Å². The molecule has 2 aliphatic heterocycles. The lowest BCUT2D eigenvalue weighted by atomic mass is 10.0. The Balaban J connectivity index is 1.46. The van der Waals surface area contributed by atoms with Gasteiger partial charge in [-0.2, -0.15) is 0 Å². The molecular formula is C20H23BrN4O4. The summed E-state index contributed by atoms with van der Waals surface area (Å²) in [5.74, 6) is 1.98. The molecule has 2 N–H and O–H groups in total. The molecular weight excluding hydrogens is 440 g/mol. The van der Waals surface area contributed by atoms with Gasteiger partial charge in [-0.25, -0.2) is 9.78 Å². The first-order valence-corrected chi connectivity index (χ1v) is 10.3. The lowest BCUT2D eigenvalue weighted by molar-refractivity contribution is 0.122. The minimum Gasteiger partial charge on any atom is -0.497 e. The summed E-state index contributed by atoms with van der Waals surface area (Å²) in [5, 5.41) is 5.86. The minimum atomic E-state index is -0.312. The maximum atomic E-state index is 12.6. The second kappa shape index (κ2) is 8.87. The van der Waals surface area contributed by atoms with Crippen LogP contribution in [0.1, 0.15) is 18.0 Å².